The van der Waals surface area contributed by atoms with Crippen molar-refractivity contribution >= 4 is 39.5 Å². The van der Waals surface area contributed by atoms with E-state index in [2.05, 4.69) is 21.2 Å². The molecule has 1 saturated heterocycles. The lowest BCUT2D eigenvalue weighted by molar-refractivity contribution is -0.133. The lowest BCUT2D eigenvalue weighted by Crippen LogP contribution is -2.44. The maximum Gasteiger partial charge on any atom is 0.232 e. The van der Waals surface area contributed by atoms with Crippen LogP contribution in [0.4, 0.5) is 0 Å². The Labute approximate surface area is 150 Å². The van der Waals surface area contributed by atoms with Crippen molar-refractivity contribution < 1.29 is 9.59 Å². The van der Waals surface area contributed by atoms with Crippen molar-refractivity contribution in [3.05, 3.63) is 28.7 Å². The Kier molecular flexibility index (Phi) is 6.96. The van der Waals surface area contributed by atoms with E-state index in [1.807, 2.05) is 43.0 Å². The number of hydrogen-bond acceptors (Lipinski definition) is 3. The van der Waals surface area contributed by atoms with E-state index in [-0.39, 0.29) is 23.8 Å². The summed E-state index contributed by atoms with van der Waals surface area (Å²) in [6.45, 7) is 5.29. The Morgan fingerprint density at radius 3 is 2.43 bits per heavy atom. The van der Waals surface area contributed by atoms with Gasteiger partial charge in [-0.3, -0.25) is 9.59 Å². The topological polar surface area (TPSA) is 49.4 Å². The van der Waals surface area contributed by atoms with Crippen molar-refractivity contribution in [1.82, 2.24) is 10.2 Å². The number of amides is 2. The molecule has 1 N–H and O–H groups in total. The Morgan fingerprint density at radius 2 is 1.87 bits per heavy atom. The summed E-state index contributed by atoms with van der Waals surface area (Å²) in [5.74, 6) is 0.766. The molecule has 126 valence electrons. The van der Waals surface area contributed by atoms with Gasteiger partial charge in [-0.05, 0) is 51.0 Å². The minimum absolute atomic E-state index is 0.0422. The zero-order chi connectivity index (χ0) is 16.8. The molecule has 1 heterocycles. The summed E-state index contributed by atoms with van der Waals surface area (Å²) in [7, 11) is 0. The van der Waals surface area contributed by atoms with Crippen LogP contribution in [0.5, 0.6) is 0 Å². The van der Waals surface area contributed by atoms with Crippen LogP contribution in [0.25, 0.3) is 0 Å². The first-order valence-electron chi connectivity index (χ1n) is 7.92. The number of piperidine rings is 1. The van der Waals surface area contributed by atoms with Gasteiger partial charge in [-0.25, -0.2) is 0 Å². The number of thioether (sulfide) groups is 1. The average Bonchev–Trinajstić information content (AvgIpc) is 2.53. The highest BCUT2D eigenvalue weighted by Crippen LogP contribution is 2.23. The Morgan fingerprint density at radius 1 is 1.26 bits per heavy atom. The summed E-state index contributed by atoms with van der Waals surface area (Å²) in [5.41, 5.74) is 0. The van der Waals surface area contributed by atoms with Crippen LogP contribution in [0.3, 0.4) is 0 Å². The minimum atomic E-state index is 0.0422. The standard InChI is InChI=1S/C17H23BrN2O2S/c1-12(2)19-17(22)13-7-9-20(10-8-13)16(21)11-23-15-5-3-14(18)4-6-15/h3-6,12-13H,7-11H2,1-2H3,(H,19,22). The molecule has 0 atom stereocenters. The maximum absolute atomic E-state index is 12.3. The summed E-state index contributed by atoms with van der Waals surface area (Å²) in [4.78, 5) is 27.3. The second-order valence-corrected chi connectivity index (χ2v) is 8.03. The number of halogens is 1. The second-order valence-electron chi connectivity index (χ2n) is 6.06. The molecular weight excluding hydrogens is 376 g/mol. The lowest BCUT2D eigenvalue weighted by Gasteiger charge is -2.31. The van der Waals surface area contributed by atoms with Gasteiger partial charge in [-0.2, -0.15) is 0 Å². The third-order valence-electron chi connectivity index (χ3n) is 3.83. The zero-order valence-corrected chi connectivity index (χ0v) is 16.0. The predicted molar refractivity (Wildman–Crippen MR) is 97.4 cm³/mol. The van der Waals surface area contributed by atoms with E-state index in [1.54, 1.807) is 11.8 Å². The normalized spacial score (nSPS) is 15.7. The quantitative estimate of drug-likeness (QED) is 0.773. The first-order chi connectivity index (χ1) is 11.0. The Hall–Kier alpha value is -1.01. The zero-order valence-electron chi connectivity index (χ0n) is 13.5. The SMILES string of the molecule is CC(C)NC(=O)C1CCN(C(=O)CSc2ccc(Br)cc2)CC1. The van der Waals surface area contributed by atoms with Gasteiger partial charge in [-0.1, -0.05) is 15.9 Å². The van der Waals surface area contributed by atoms with Gasteiger partial charge >= 0.3 is 0 Å². The fourth-order valence-electron chi connectivity index (χ4n) is 2.56. The second kappa shape index (κ2) is 8.73. The van der Waals surface area contributed by atoms with E-state index >= 15 is 0 Å². The first-order valence-corrected chi connectivity index (χ1v) is 9.70. The van der Waals surface area contributed by atoms with E-state index in [1.165, 1.54) is 0 Å². The highest BCUT2D eigenvalue weighted by molar-refractivity contribution is 9.10. The van der Waals surface area contributed by atoms with Crippen LogP contribution in [0.2, 0.25) is 0 Å². The van der Waals surface area contributed by atoms with E-state index in [4.69, 9.17) is 0 Å². The molecule has 0 radical (unpaired) electrons. The van der Waals surface area contributed by atoms with Crippen molar-refractivity contribution in [1.29, 1.82) is 0 Å². The van der Waals surface area contributed by atoms with E-state index in [9.17, 15) is 9.59 Å². The Bertz CT molecular complexity index is 540. The Balaban J connectivity index is 1.75. The number of hydrogen-bond donors (Lipinski definition) is 1. The number of benzene rings is 1. The predicted octanol–water partition coefficient (Wildman–Crippen LogP) is 3.30. The number of carbonyl (C=O) groups excluding carboxylic acids is 2. The molecule has 2 rings (SSSR count). The number of nitrogens with zero attached hydrogens (tertiary/aromatic N) is 1. The molecule has 1 aliphatic rings. The van der Waals surface area contributed by atoms with E-state index in [0.717, 1.165) is 22.2 Å². The highest BCUT2D eigenvalue weighted by Gasteiger charge is 2.27. The van der Waals surface area contributed by atoms with E-state index < -0.39 is 0 Å². The van der Waals surface area contributed by atoms with Gasteiger partial charge in [0.2, 0.25) is 11.8 Å². The van der Waals surface area contributed by atoms with Gasteiger partial charge in [0.15, 0.2) is 0 Å². The molecule has 0 bridgehead atoms. The summed E-state index contributed by atoms with van der Waals surface area (Å²) in [6.07, 6.45) is 1.51. The summed E-state index contributed by atoms with van der Waals surface area (Å²) in [6, 6.07) is 8.14. The highest BCUT2D eigenvalue weighted by atomic mass is 79.9. The molecule has 1 fully saturated rings. The average molecular weight is 399 g/mol. The molecule has 1 aromatic rings. The van der Waals surface area contributed by atoms with Gasteiger partial charge in [0, 0.05) is 34.4 Å². The number of carbonyl (C=O) groups is 2. The maximum atomic E-state index is 12.3. The molecule has 4 nitrogen and oxygen atoms in total. The molecule has 23 heavy (non-hydrogen) atoms. The van der Waals surface area contributed by atoms with Crippen LogP contribution in [0.15, 0.2) is 33.6 Å². The molecule has 0 aromatic heterocycles. The summed E-state index contributed by atoms with van der Waals surface area (Å²) >= 11 is 4.96. The van der Waals surface area contributed by atoms with Crippen molar-refractivity contribution in [2.45, 2.75) is 37.6 Å². The van der Waals surface area contributed by atoms with Crippen LogP contribution >= 0.6 is 27.7 Å². The molecule has 2 amide bonds. The monoisotopic (exact) mass is 398 g/mol. The smallest absolute Gasteiger partial charge is 0.232 e. The van der Waals surface area contributed by atoms with E-state index in [0.29, 0.717) is 18.8 Å². The van der Waals surface area contributed by atoms with Gasteiger partial charge in [-0.15, -0.1) is 11.8 Å². The molecule has 0 saturated carbocycles. The van der Waals surface area contributed by atoms with Crippen LogP contribution in [0, 0.1) is 5.92 Å². The summed E-state index contributed by atoms with van der Waals surface area (Å²) < 4.78 is 1.04. The molecule has 6 heteroatoms. The van der Waals surface area contributed by atoms with Crippen molar-refractivity contribution in [3.8, 4) is 0 Å². The molecule has 0 aliphatic carbocycles. The fourth-order valence-corrected chi connectivity index (χ4v) is 3.63. The third-order valence-corrected chi connectivity index (χ3v) is 5.35. The molecule has 1 aliphatic heterocycles. The van der Waals surface area contributed by atoms with Crippen LogP contribution in [0.1, 0.15) is 26.7 Å². The third kappa shape index (κ3) is 5.84. The van der Waals surface area contributed by atoms with Crippen LogP contribution in [-0.4, -0.2) is 41.6 Å². The van der Waals surface area contributed by atoms with Crippen LogP contribution in [-0.2, 0) is 9.59 Å². The van der Waals surface area contributed by atoms with Crippen molar-refractivity contribution in [2.75, 3.05) is 18.8 Å². The van der Waals surface area contributed by atoms with Gasteiger partial charge in [0.05, 0.1) is 5.75 Å². The molecule has 0 spiro atoms. The number of nitrogens with one attached hydrogen (secondary N) is 1. The molecular formula is C17H23BrN2O2S. The number of likely N-dealkylation sites (tertiary alicyclic amines) is 1. The minimum Gasteiger partial charge on any atom is -0.354 e. The summed E-state index contributed by atoms with van der Waals surface area (Å²) in [5, 5.41) is 2.96. The van der Waals surface area contributed by atoms with Gasteiger partial charge in [0.1, 0.15) is 0 Å². The van der Waals surface area contributed by atoms with Crippen molar-refractivity contribution in [3.63, 3.8) is 0 Å². The van der Waals surface area contributed by atoms with Crippen molar-refractivity contribution in [2.24, 2.45) is 5.92 Å². The number of rotatable bonds is 5. The lowest BCUT2D eigenvalue weighted by atomic mass is 9.95. The fraction of sp³-hybridized carbons (Fsp3) is 0.529. The molecule has 0 unspecified atom stereocenters. The van der Waals surface area contributed by atoms with Crippen LogP contribution < -0.4 is 5.32 Å². The van der Waals surface area contributed by atoms with Gasteiger partial charge < -0.3 is 10.2 Å². The molecule has 1 aromatic carbocycles. The first kappa shape index (κ1) is 18.3. The van der Waals surface area contributed by atoms with Gasteiger partial charge in [0.25, 0.3) is 0 Å². The largest absolute Gasteiger partial charge is 0.354 e.